The third-order valence-electron chi connectivity index (χ3n) is 29.0. The predicted octanol–water partition coefficient (Wildman–Crippen LogP) is 23.3. The lowest BCUT2D eigenvalue weighted by atomic mass is 9.49. The fraction of sp³-hybridized carbons (Fsp3) is 0.895. The number of esters is 10. The number of carbonyl (C=O) groups is 10. The Balaban J connectivity index is 0.000000330. The van der Waals surface area contributed by atoms with Gasteiger partial charge in [0.2, 0.25) is 0 Å². The highest BCUT2D eigenvalue weighted by Gasteiger charge is 2.65. The van der Waals surface area contributed by atoms with Gasteiger partial charge < -0.3 is 47.4 Å². The van der Waals surface area contributed by atoms with Crippen LogP contribution < -0.4 is 0 Å². The highest BCUT2D eigenvalue weighted by Crippen LogP contribution is 2.62. The second-order valence-corrected chi connectivity index (χ2v) is 41.4. The normalized spacial score (nSPS) is 25.6. The molecule has 20 nitrogen and oxygen atoms in total. The standard InChI is InChI=1S/C23H36F2O4.C22H34F2O4.C18H30F2O4.C17H28F2O4.C15H26F2O4/c1-6-18(28-19(26)21(4,5)7-2)23(24,25)20(27)29-22(8-3)16-10-14-9-15(12-16)13-17(22)11-14;1-6-17(27-18(25)20(3,4)7-2)22(23,24)19(26)28-21(5)15-9-13-8-14(11-15)12-16(21)10-13;1-6-13(23-14(21)16(4,5)7-2)18(19,20)15(22)24-17(8-3)11-9-10-12-17;1-6-12(22-13(20)15(3,4)7-2)17(18,19)14(21)23-16(5)10-8-9-11-16;1-8-10(20-11(18)14(6,7)9-2)15(16,17)12(19)21-13(3,4)5/h14-18H,6-13H2,1-5H3;13-17H,6-12H2,1-5H3;13H,6-12H2,1-5H3;12H,6-11H2,1-5H3;10H,8-9H2,1-7H3. The van der Waals surface area contributed by atoms with Crippen LogP contribution in [-0.4, -0.2) is 148 Å². The van der Waals surface area contributed by atoms with Gasteiger partial charge in [0.05, 0.1) is 27.1 Å². The lowest BCUT2D eigenvalue weighted by Gasteiger charge is -2.60. The van der Waals surface area contributed by atoms with Crippen LogP contribution in [-0.2, 0) is 95.3 Å². The molecule has 0 aromatic carbocycles. The lowest BCUT2D eigenvalue weighted by molar-refractivity contribution is -0.241. The van der Waals surface area contributed by atoms with Gasteiger partial charge in [-0.05, 0) is 344 Å². The van der Waals surface area contributed by atoms with Gasteiger partial charge in [-0.25, -0.2) is 24.0 Å². The first-order valence-corrected chi connectivity index (χ1v) is 46.4. The molecule has 0 aromatic heterocycles. The van der Waals surface area contributed by atoms with Crippen molar-refractivity contribution in [2.24, 2.45) is 74.4 Å². The zero-order valence-corrected chi connectivity index (χ0v) is 80.2. The summed E-state index contributed by atoms with van der Waals surface area (Å²) >= 11 is 0. The summed E-state index contributed by atoms with van der Waals surface area (Å²) in [5.41, 5.74) is -8.67. The molecule has 10 aliphatic carbocycles. The van der Waals surface area contributed by atoms with Gasteiger partial charge >= 0.3 is 89.3 Å². The van der Waals surface area contributed by atoms with E-state index in [-0.39, 0.29) is 55.8 Å². The molecule has 125 heavy (non-hydrogen) atoms. The minimum absolute atomic E-state index is 0.149. The van der Waals surface area contributed by atoms with Crippen LogP contribution in [0.4, 0.5) is 43.9 Å². The second-order valence-electron chi connectivity index (χ2n) is 41.4. The van der Waals surface area contributed by atoms with Gasteiger partial charge in [-0.15, -0.1) is 0 Å². The Bertz CT molecular complexity index is 3550. The van der Waals surface area contributed by atoms with E-state index in [1.165, 1.54) is 68.2 Å². The molecule has 10 rings (SSSR count). The smallest absolute Gasteiger partial charge is 0.381 e. The molecular formula is C95H154F10O20. The Morgan fingerprint density at radius 1 is 0.288 bits per heavy atom. The molecule has 724 valence electrons. The first kappa shape index (κ1) is 111. The van der Waals surface area contributed by atoms with Crippen LogP contribution in [0.3, 0.4) is 0 Å². The first-order chi connectivity index (χ1) is 57.2. The van der Waals surface area contributed by atoms with Crippen molar-refractivity contribution in [2.45, 2.75) is 468 Å². The molecule has 0 heterocycles. The summed E-state index contributed by atoms with van der Waals surface area (Å²) in [6.07, 6.45) is 9.45. The van der Waals surface area contributed by atoms with Gasteiger partial charge in [-0.3, -0.25) is 24.0 Å². The molecule has 0 aromatic rings. The SMILES string of the molecule is CCC(OC(=O)C(C)(C)CC)C(F)(F)C(=O)OC(C)(C)C.CCC(OC(=O)C(C)(C)CC)C(F)(F)C(=O)OC1(C)C2CC3CC(C2)CC1C3.CCC(OC(=O)C(C)(C)CC)C(F)(F)C(=O)OC1(C)CCCC1.CCC(OC(=O)C(C)(C)CC)C(F)(F)C(=O)OC1(CC)C2CC3CC(C2)CC1C3.CCC(OC(=O)C(C)(C)CC)C(F)(F)C(=O)OC1(CC)CCCC1. The third kappa shape index (κ3) is 27.1. The molecule has 5 unspecified atom stereocenters. The van der Waals surface area contributed by atoms with Crippen LogP contribution in [0.2, 0.25) is 0 Å². The largest absolute Gasteiger partial charge is 0.455 e. The minimum atomic E-state index is -3.87. The summed E-state index contributed by atoms with van der Waals surface area (Å²) in [6.45, 7) is 44.3. The van der Waals surface area contributed by atoms with Crippen molar-refractivity contribution >= 4 is 59.7 Å². The molecule has 0 radical (unpaired) electrons. The number of rotatable bonds is 36. The Kier molecular flexibility index (Phi) is 38.6. The fourth-order valence-corrected chi connectivity index (χ4v) is 18.2. The Hall–Kier alpha value is -6.00. The maximum absolute atomic E-state index is 15.1. The van der Waals surface area contributed by atoms with Gasteiger partial charge in [0, 0.05) is 0 Å². The van der Waals surface area contributed by atoms with Crippen LogP contribution in [0.1, 0.15) is 380 Å². The van der Waals surface area contributed by atoms with Gasteiger partial charge in [0.1, 0.15) is 28.0 Å². The number of ether oxygens (including phenoxy) is 10. The summed E-state index contributed by atoms with van der Waals surface area (Å²) in [5, 5.41) is 0. The van der Waals surface area contributed by atoms with Crippen LogP contribution in [0.15, 0.2) is 0 Å². The second kappa shape index (κ2) is 43.4. The molecular weight excluding hydrogens is 1650 g/mol. The molecule has 10 saturated carbocycles. The van der Waals surface area contributed by atoms with E-state index in [4.69, 9.17) is 47.4 Å². The third-order valence-corrected chi connectivity index (χ3v) is 29.0. The first-order valence-electron chi connectivity index (χ1n) is 46.4. The molecule has 0 spiro atoms. The van der Waals surface area contributed by atoms with E-state index in [2.05, 4.69) is 0 Å². The van der Waals surface area contributed by atoms with E-state index in [0.717, 1.165) is 77.0 Å². The van der Waals surface area contributed by atoms with E-state index < -0.39 is 175 Å². The molecule has 0 saturated heterocycles. The number of carbonyl (C=O) groups excluding carboxylic acids is 10. The maximum Gasteiger partial charge on any atom is 0.381 e. The number of hydrogen-bond acceptors (Lipinski definition) is 20. The number of hydrogen-bond donors (Lipinski definition) is 0. The van der Waals surface area contributed by atoms with E-state index in [1.807, 2.05) is 20.8 Å². The summed E-state index contributed by atoms with van der Waals surface area (Å²) < 4.78 is 198. The van der Waals surface area contributed by atoms with E-state index >= 15 is 8.78 Å². The average molecular weight is 1810 g/mol. The zero-order valence-electron chi connectivity index (χ0n) is 80.2. The zero-order chi connectivity index (χ0) is 96.1. The van der Waals surface area contributed by atoms with Crippen LogP contribution in [0, 0.1) is 74.4 Å². The van der Waals surface area contributed by atoms with Crippen LogP contribution in [0.25, 0.3) is 0 Å². The van der Waals surface area contributed by atoms with Crippen molar-refractivity contribution in [3.8, 4) is 0 Å². The highest BCUT2D eigenvalue weighted by atomic mass is 19.3. The van der Waals surface area contributed by atoms with Gasteiger partial charge in [-0.1, -0.05) is 83.1 Å². The van der Waals surface area contributed by atoms with Crippen molar-refractivity contribution < 1.29 is 139 Å². The van der Waals surface area contributed by atoms with Crippen LogP contribution >= 0.6 is 0 Å². The molecule has 8 bridgehead atoms. The van der Waals surface area contributed by atoms with Crippen molar-refractivity contribution in [3.63, 3.8) is 0 Å². The molecule has 10 aliphatic rings. The molecule has 5 atom stereocenters. The maximum atomic E-state index is 15.1. The van der Waals surface area contributed by atoms with Crippen molar-refractivity contribution in [1.82, 2.24) is 0 Å². The van der Waals surface area contributed by atoms with E-state index in [1.54, 1.807) is 111 Å². The Labute approximate surface area is 737 Å². The number of alkyl halides is 10. The lowest BCUT2D eigenvalue weighted by Crippen LogP contribution is -2.61. The van der Waals surface area contributed by atoms with Crippen molar-refractivity contribution in [2.75, 3.05) is 0 Å². The predicted molar refractivity (Wildman–Crippen MR) is 450 cm³/mol. The molecule has 0 N–H and O–H groups in total. The molecule has 0 aliphatic heterocycles. The summed E-state index contributed by atoms with van der Waals surface area (Å²) in [4.78, 5) is 122. The topological polar surface area (TPSA) is 263 Å². The average Bonchev–Trinajstić information content (AvgIpc) is 0.856. The monoisotopic (exact) mass is 1810 g/mol. The van der Waals surface area contributed by atoms with E-state index in [0.29, 0.717) is 94.3 Å². The Morgan fingerprint density at radius 3 is 0.760 bits per heavy atom. The van der Waals surface area contributed by atoms with Gasteiger partial charge in [0.15, 0.2) is 30.5 Å². The quantitative estimate of drug-likeness (QED) is 0.0320. The van der Waals surface area contributed by atoms with Crippen molar-refractivity contribution in [3.05, 3.63) is 0 Å². The van der Waals surface area contributed by atoms with E-state index in [9.17, 15) is 83.1 Å². The van der Waals surface area contributed by atoms with Gasteiger partial charge in [-0.2, -0.15) is 43.9 Å². The molecule has 30 heteroatoms. The summed E-state index contributed by atoms with van der Waals surface area (Å²) in [7, 11) is 0. The van der Waals surface area contributed by atoms with Gasteiger partial charge in [0.25, 0.3) is 0 Å². The Morgan fingerprint density at radius 2 is 0.520 bits per heavy atom. The molecule has 10 fully saturated rings. The number of halogens is 10. The van der Waals surface area contributed by atoms with Crippen LogP contribution in [0.5, 0.6) is 0 Å². The summed E-state index contributed by atoms with van der Waals surface area (Å²) in [6, 6.07) is 0. The minimum Gasteiger partial charge on any atom is -0.455 e. The summed E-state index contributed by atoms with van der Waals surface area (Å²) in [5.74, 6) is -27.6. The molecule has 0 amide bonds. The van der Waals surface area contributed by atoms with Crippen molar-refractivity contribution in [1.29, 1.82) is 0 Å². The fourth-order valence-electron chi connectivity index (χ4n) is 18.2. The highest BCUT2D eigenvalue weighted by molar-refractivity contribution is 5.84.